The van der Waals surface area contributed by atoms with Crippen molar-refractivity contribution in [3.05, 3.63) is 226 Å². The minimum absolute atomic E-state index is 0.0316. The maximum Gasteiger partial charge on any atom is 0.266 e. The van der Waals surface area contributed by atoms with Gasteiger partial charge in [0.25, 0.3) is 17.7 Å². The number of nitrogens with zero attached hydrogens (tertiary/aromatic N) is 2. The van der Waals surface area contributed by atoms with E-state index in [0.29, 0.717) is 95.0 Å². The Morgan fingerprint density at radius 1 is 0.321 bits per heavy atom. The molecule has 0 aromatic heterocycles. The van der Waals surface area contributed by atoms with Gasteiger partial charge >= 0.3 is 0 Å². The Morgan fingerprint density at radius 2 is 0.630 bits per heavy atom. The van der Waals surface area contributed by atoms with Crippen LogP contribution in [-0.4, -0.2) is 17.7 Å². The molecule has 0 saturated heterocycles. The van der Waals surface area contributed by atoms with Gasteiger partial charge in [0.05, 0.1) is 34.6 Å². The fraction of sp³-hybridized carbons (Fsp3) is 0.181. The van der Waals surface area contributed by atoms with E-state index in [0.717, 1.165) is 38.9 Å². The number of rotatable bonds is 14. The summed E-state index contributed by atoms with van der Waals surface area (Å²) in [6, 6.07) is 58.0. The molecule has 400 valence electrons. The SMILES string of the molecule is CC(C)c1cccc(C(C)C)c1N1Cc2cc(Oc3ccccc3)c3c4c(Oc5ccccc5)cc5c6c(cc(Oc7ccccc7)c(c7c(Oc8ccccc8)cc(c2c37)C1=O)c64)C(=O)N(c1c(C(C)C)cccc1C(C)C)C5=O. The van der Waals surface area contributed by atoms with Gasteiger partial charge in [0.2, 0.25) is 0 Å². The number of carbonyl (C=O) groups is 3. The second-order valence-corrected chi connectivity index (χ2v) is 22.5. The maximum absolute atomic E-state index is 16.1. The van der Waals surface area contributed by atoms with Crippen molar-refractivity contribution in [1.29, 1.82) is 0 Å². The van der Waals surface area contributed by atoms with Gasteiger partial charge in [-0.1, -0.05) is 165 Å². The average Bonchev–Trinajstić information content (AvgIpc) is 1.51. The molecule has 11 aromatic rings. The number of hydrogen-bond acceptors (Lipinski definition) is 7. The van der Waals surface area contributed by atoms with Gasteiger partial charge in [-0.3, -0.25) is 14.4 Å². The zero-order valence-electron chi connectivity index (χ0n) is 46.6. The quantitative estimate of drug-likeness (QED) is 0.0608. The third-order valence-electron chi connectivity index (χ3n) is 16.0. The minimum Gasteiger partial charge on any atom is -0.457 e. The summed E-state index contributed by atoms with van der Waals surface area (Å²) < 4.78 is 28.8. The zero-order chi connectivity index (χ0) is 56.0. The number of carbonyl (C=O) groups excluding carboxylic acids is 3. The lowest BCUT2D eigenvalue weighted by Crippen LogP contribution is -2.42. The highest BCUT2D eigenvalue weighted by molar-refractivity contribution is 6.46. The van der Waals surface area contributed by atoms with Crippen LogP contribution in [0.1, 0.15) is 138 Å². The molecule has 13 rings (SSSR count). The molecular weight excluding hydrogens is 1000 g/mol. The monoisotopic (exact) mass is 1060 g/mol. The predicted molar refractivity (Wildman–Crippen MR) is 325 cm³/mol. The molecule has 0 spiro atoms. The third-order valence-corrected chi connectivity index (χ3v) is 16.0. The highest BCUT2D eigenvalue weighted by atomic mass is 16.5. The molecule has 0 saturated carbocycles. The van der Waals surface area contributed by atoms with E-state index in [4.69, 9.17) is 18.9 Å². The number of fused-ring (bicyclic) bond motifs is 2. The van der Waals surface area contributed by atoms with Gasteiger partial charge in [0.1, 0.15) is 46.0 Å². The van der Waals surface area contributed by atoms with Crippen molar-refractivity contribution in [2.75, 3.05) is 9.80 Å². The second kappa shape index (κ2) is 20.0. The van der Waals surface area contributed by atoms with Crippen molar-refractivity contribution < 1.29 is 33.3 Å². The Bertz CT molecular complexity index is 4160. The lowest BCUT2D eigenvalue weighted by molar-refractivity contribution is 0.0891. The third kappa shape index (κ3) is 8.40. The van der Waals surface area contributed by atoms with Crippen LogP contribution in [0.3, 0.4) is 0 Å². The Balaban J connectivity index is 1.24. The summed E-state index contributed by atoms with van der Waals surface area (Å²) in [5, 5.41) is 4.67. The topological polar surface area (TPSA) is 94.6 Å². The molecule has 9 heteroatoms. The van der Waals surface area contributed by atoms with Crippen molar-refractivity contribution in [3.8, 4) is 46.0 Å². The average molecular weight is 1070 g/mol. The fourth-order valence-corrected chi connectivity index (χ4v) is 12.4. The molecule has 2 aliphatic heterocycles. The smallest absolute Gasteiger partial charge is 0.266 e. The first-order valence-electron chi connectivity index (χ1n) is 28.0. The van der Waals surface area contributed by atoms with Crippen molar-refractivity contribution in [3.63, 3.8) is 0 Å². The van der Waals surface area contributed by atoms with Gasteiger partial charge in [0, 0.05) is 43.1 Å². The summed E-state index contributed by atoms with van der Waals surface area (Å²) in [4.78, 5) is 51.6. The molecule has 0 fully saturated rings. The standard InChI is InChI=1S/C72H60N2O7/c1-40(2)49-31-21-32-50(41(3)4)68(49)73-39-44-35-56(78-45-23-13-9-14-24-45)62-64-58(80-47-27-17-11-18-28-47)37-54-61-55(72(77)74(71(54)76)69-51(42(5)6)33-22-34-52(69)43(7)8)38-59(81-48-29-19-12-20-30-48)65(67(61)64)63-57(79-46-25-15-10-16-26-46)36-53(70(73)75)60(44)66(62)63/h9-38,40-43H,39H2,1-8H3. The van der Waals surface area contributed by atoms with Crippen LogP contribution >= 0.6 is 0 Å². The van der Waals surface area contributed by atoms with E-state index in [1.165, 1.54) is 4.90 Å². The molecule has 0 atom stereocenters. The van der Waals surface area contributed by atoms with Crippen LogP contribution in [0.4, 0.5) is 11.4 Å². The van der Waals surface area contributed by atoms with Crippen molar-refractivity contribution in [2.24, 2.45) is 0 Å². The minimum atomic E-state index is -0.486. The number of hydrogen-bond donors (Lipinski definition) is 0. The van der Waals surface area contributed by atoms with E-state index in [-0.39, 0.29) is 47.3 Å². The molecule has 2 heterocycles. The molecule has 0 unspecified atom stereocenters. The van der Waals surface area contributed by atoms with Crippen molar-refractivity contribution in [2.45, 2.75) is 85.6 Å². The number of amides is 3. The summed E-state index contributed by atoms with van der Waals surface area (Å²) >= 11 is 0. The van der Waals surface area contributed by atoms with E-state index in [9.17, 15) is 0 Å². The number of imide groups is 1. The van der Waals surface area contributed by atoms with E-state index in [1.807, 2.05) is 150 Å². The molecule has 81 heavy (non-hydrogen) atoms. The van der Waals surface area contributed by atoms with Gasteiger partial charge in [0.15, 0.2) is 0 Å². The zero-order valence-corrected chi connectivity index (χ0v) is 46.6. The fourth-order valence-electron chi connectivity index (χ4n) is 12.4. The second-order valence-electron chi connectivity index (χ2n) is 22.5. The van der Waals surface area contributed by atoms with E-state index >= 15 is 14.4 Å². The Morgan fingerprint density at radius 3 is 0.975 bits per heavy atom. The summed E-state index contributed by atoms with van der Waals surface area (Å²) in [7, 11) is 0. The van der Waals surface area contributed by atoms with Gasteiger partial charge in [-0.25, -0.2) is 4.90 Å². The van der Waals surface area contributed by atoms with Crippen LogP contribution < -0.4 is 28.7 Å². The summed E-state index contributed by atoms with van der Waals surface area (Å²) in [6.45, 7) is 17.2. The van der Waals surface area contributed by atoms with Crippen molar-refractivity contribution >= 4 is 72.2 Å². The van der Waals surface area contributed by atoms with Crippen LogP contribution in [0.2, 0.25) is 0 Å². The normalized spacial score (nSPS) is 13.4. The molecule has 9 nitrogen and oxygen atoms in total. The van der Waals surface area contributed by atoms with Gasteiger partial charge < -0.3 is 23.8 Å². The lowest BCUT2D eigenvalue weighted by Gasteiger charge is -2.36. The number of benzene rings is 11. The molecule has 0 radical (unpaired) electrons. The van der Waals surface area contributed by atoms with Crippen LogP contribution in [-0.2, 0) is 6.54 Å². The first-order chi connectivity index (χ1) is 39.3. The molecule has 0 bridgehead atoms. The summed E-state index contributed by atoms with van der Waals surface area (Å²) in [6.07, 6.45) is 0. The van der Waals surface area contributed by atoms with E-state index in [2.05, 4.69) is 79.7 Å². The van der Waals surface area contributed by atoms with E-state index < -0.39 is 11.8 Å². The lowest BCUT2D eigenvalue weighted by atomic mass is 9.80. The van der Waals surface area contributed by atoms with Crippen LogP contribution in [0.15, 0.2) is 182 Å². The van der Waals surface area contributed by atoms with Crippen LogP contribution in [0, 0.1) is 0 Å². The molecule has 11 aromatic carbocycles. The Hall–Kier alpha value is -9.47. The predicted octanol–water partition coefficient (Wildman–Crippen LogP) is 19.4. The van der Waals surface area contributed by atoms with Crippen LogP contribution in [0.25, 0.3) is 43.1 Å². The molecule has 0 aliphatic carbocycles. The molecule has 0 N–H and O–H groups in total. The maximum atomic E-state index is 16.1. The number of anilines is 2. The van der Waals surface area contributed by atoms with Crippen molar-refractivity contribution in [1.82, 2.24) is 0 Å². The Kier molecular flexibility index (Phi) is 12.6. The molecule has 3 amide bonds. The summed E-state index contributed by atoms with van der Waals surface area (Å²) in [5.74, 6) is 2.65. The van der Waals surface area contributed by atoms with Gasteiger partial charge in [-0.05, 0) is 124 Å². The summed E-state index contributed by atoms with van der Waals surface area (Å²) in [5.41, 5.74) is 7.20. The van der Waals surface area contributed by atoms with E-state index in [1.54, 1.807) is 12.1 Å². The highest BCUT2D eigenvalue weighted by Crippen LogP contribution is 2.59. The number of ether oxygens (including phenoxy) is 4. The highest BCUT2D eigenvalue weighted by Gasteiger charge is 2.42. The largest absolute Gasteiger partial charge is 0.457 e. The number of para-hydroxylation sites is 6. The first kappa shape index (κ1) is 51.0. The Labute approximate surface area is 471 Å². The first-order valence-corrected chi connectivity index (χ1v) is 28.0. The molecular formula is C72H60N2O7. The van der Waals surface area contributed by atoms with Gasteiger partial charge in [-0.2, -0.15) is 0 Å². The van der Waals surface area contributed by atoms with Crippen LogP contribution in [0.5, 0.6) is 46.0 Å². The van der Waals surface area contributed by atoms with Gasteiger partial charge in [-0.15, -0.1) is 0 Å². The molecule has 2 aliphatic rings.